The fourth-order valence-corrected chi connectivity index (χ4v) is 5.17. The Morgan fingerprint density at radius 1 is 0.575 bits per heavy atom. The Hall–Kier alpha value is -1.13. The third kappa shape index (κ3) is 28.4. The lowest BCUT2D eigenvalue weighted by molar-refractivity contribution is -0.123. The van der Waals surface area contributed by atoms with E-state index in [1.54, 1.807) is 6.08 Å². The van der Waals surface area contributed by atoms with Crippen LogP contribution in [0.4, 0.5) is 0 Å². The number of unbranched alkanes of at least 4 members (excludes halogenated alkanes) is 22. The van der Waals surface area contributed by atoms with Gasteiger partial charge in [0.25, 0.3) is 0 Å². The van der Waals surface area contributed by atoms with Gasteiger partial charge in [-0.25, -0.2) is 0 Å². The van der Waals surface area contributed by atoms with Gasteiger partial charge in [-0.3, -0.25) is 4.79 Å². The molecule has 0 rings (SSSR count). The van der Waals surface area contributed by atoms with Crippen molar-refractivity contribution in [3.63, 3.8) is 0 Å². The van der Waals surface area contributed by atoms with Crippen LogP contribution >= 0.6 is 0 Å². The maximum Gasteiger partial charge on any atom is 0.220 e. The molecular formula is C36H69NO3. The number of carbonyl (C=O) groups is 1. The number of aliphatic hydroxyl groups is 2. The molecular weight excluding hydrogens is 494 g/mol. The summed E-state index contributed by atoms with van der Waals surface area (Å²) >= 11 is 0. The van der Waals surface area contributed by atoms with Crippen molar-refractivity contribution in [2.75, 3.05) is 6.61 Å². The molecule has 0 saturated heterocycles. The van der Waals surface area contributed by atoms with Crippen LogP contribution in [0.5, 0.6) is 0 Å². The van der Waals surface area contributed by atoms with Crippen molar-refractivity contribution in [1.82, 2.24) is 5.32 Å². The highest BCUT2D eigenvalue weighted by Gasteiger charge is 2.17. The zero-order valence-corrected chi connectivity index (χ0v) is 26.9. The second-order valence-electron chi connectivity index (χ2n) is 11.9. The number of aliphatic hydroxyl groups excluding tert-OH is 2. The van der Waals surface area contributed by atoms with E-state index >= 15 is 0 Å². The third-order valence-electron chi connectivity index (χ3n) is 7.93. The molecule has 0 fully saturated rings. The second-order valence-corrected chi connectivity index (χ2v) is 11.9. The molecule has 0 spiro atoms. The van der Waals surface area contributed by atoms with Gasteiger partial charge in [-0.05, 0) is 44.9 Å². The average molecular weight is 564 g/mol. The molecule has 0 aromatic heterocycles. The van der Waals surface area contributed by atoms with E-state index in [9.17, 15) is 15.0 Å². The van der Waals surface area contributed by atoms with E-state index < -0.39 is 12.1 Å². The first-order valence-electron chi connectivity index (χ1n) is 17.6. The first kappa shape index (κ1) is 38.9. The van der Waals surface area contributed by atoms with Crippen molar-refractivity contribution >= 4 is 5.91 Å². The van der Waals surface area contributed by atoms with Crippen LogP contribution in [0.15, 0.2) is 24.3 Å². The van der Waals surface area contributed by atoms with Crippen LogP contribution in [0.1, 0.15) is 181 Å². The molecule has 236 valence electrons. The standard InChI is InChI=1S/C36H69NO3/c1-3-5-7-9-11-13-15-17-18-20-22-24-26-28-30-32-36(40)37-34(33-38)35(39)31-29-27-25-23-21-19-16-14-12-10-8-6-4-2/h17-18,29,31,34-35,38-39H,3-16,19-28,30,32-33H2,1-2H3,(H,37,40)/b18-17+,31-29+/t34-,35-/m0/s1. The average Bonchev–Trinajstić information content (AvgIpc) is 2.96. The van der Waals surface area contributed by atoms with Crippen molar-refractivity contribution in [3.05, 3.63) is 24.3 Å². The Kier molecular flexibility index (Phi) is 31.5. The van der Waals surface area contributed by atoms with E-state index in [1.165, 1.54) is 128 Å². The van der Waals surface area contributed by atoms with E-state index in [-0.39, 0.29) is 12.5 Å². The summed E-state index contributed by atoms with van der Waals surface area (Å²) in [6.45, 7) is 4.28. The molecule has 0 bridgehead atoms. The quantitative estimate of drug-likeness (QED) is 0.0580. The minimum absolute atomic E-state index is 0.0745. The van der Waals surface area contributed by atoms with Gasteiger partial charge in [0.15, 0.2) is 0 Å². The Morgan fingerprint density at radius 2 is 0.950 bits per heavy atom. The first-order chi connectivity index (χ1) is 19.7. The van der Waals surface area contributed by atoms with Gasteiger partial charge in [0.1, 0.15) is 0 Å². The van der Waals surface area contributed by atoms with Gasteiger partial charge in [-0.1, -0.05) is 154 Å². The molecule has 0 aliphatic rings. The number of nitrogens with one attached hydrogen (secondary N) is 1. The molecule has 0 aromatic carbocycles. The maximum atomic E-state index is 12.3. The van der Waals surface area contributed by atoms with Crippen molar-refractivity contribution in [2.24, 2.45) is 0 Å². The summed E-state index contributed by atoms with van der Waals surface area (Å²) in [6, 6.07) is -0.621. The smallest absolute Gasteiger partial charge is 0.220 e. The molecule has 1 amide bonds. The molecule has 0 aromatic rings. The molecule has 0 unspecified atom stereocenters. The molecule has 2 atom stereocenters. The molecule has 4 nitrogen and oxygen atoms in total. The Morgan fingerprint density at radius 3 is 1.38 bits per heavy atom. The summed E-state index contributed by atoms with van der Waals surface area (Å²) in [4.78, 5) is 12.3. The summed E-state index contributed by atoms with van der Waals surface area (Å²) in [6.07, 6.45) is 39.7. The topological polar surface area (TPSA) is 69.6 Å². The number of allylic oxidation sites excluding steroid dienone is 3. The summed E-state index contributed by atoms with van der Waals surface area (Å²) in [7, 11) is 0. The van der Waals surface area contributed by atoms with E-state index in [1.807, 2.05) is 6.08 Å². The van der Waals surface area contributed by atoms with Crippen LogP contribution in [-0.4, -0.2) is 34.9 Å². The molecule has 4 heteroatoms. The maximum absolute atomic E-state index is 12.3. The Balaban J connectivity index is 3.65. The zero-order chi connectivity index (χ0) is 29.4. The van der Waals surface area contributed by atoms with Gasteiger partial charge < -0.3 is 15.5 Å². The molecule has 0 saturated carbocycles. The molecule has 0 aliphatic heterocycles. The summed E-state index contributed by atoms with van der Waals surface area (Å²) in [5.41, 5.74) is 0. The summed E-state index contributed by atoms with van der Waals surface area (Å²) in [5.74, 6) is -0.0745. The SMILES string of the molecule is CCCCCCCC/C=C/CCCCCCCC(=O)N[C@@H](CO)[C@@H](O)/C=C/CCCCCCCCCCCCC. The van der Waals surface area contributed by atoms with Gasteiger partial charge in [-0.2, -0.15) is 0 Å². The van der Waals surface area contributed by atoms with E-state index in [0.717, 1.165) is 32.1 Å². The minimum atomic E-state index is -0.837. The summed E-state index contributed by atoms with van der Waals surface area (Å²) < 4.78 is 0. The number of rotatable bonds is 31. The number of amides is 1. The van der Waals surface area contributed by atoms with Gasteiger partial charge in [0.05, 0.1) is 18.8 Å². The van der Waals surface area contributed by atoms with E-state index in [2.05, 4.69) is 31.3 Å². The normalized spacial score (nSPS) is 13.4. The van der Waals surface area contributed by atoms with Crippen molar-refractivity contribution in [2.45, 2.75) is 193 Å². The van der Waals surface area contributed by atoms with E-state index in [4.69, 9.17) is 0 Å². The molecule has 0 heterocycles. The van der Waals surface area contributed by atoms with Crippen LogP contribution in [0, 0.1) is 0 Å². The van der Waals surface area contributed by atoms with Crippen molar-refractivity contribution in [3.8, 4) is 0 Å². The van der Waals surface area contributed by atoms with Crippen LogP contribution < -0.4 is 5.32 Å². The number of carbonyl (C=O) groups excluding carboxylic acids is 1. The van der Waals surface area contributed by atoms with Crippen molar-refractivity contribution < 1.29 is 15.0 Å². The van der Waals surface area contributed by atoms with Crippen LogP contribution in [0.25, 0.3) is 0 Å². The van der Waals surface area contributed by atoms with Crippen LogP contribution in [-0.2, 0) is 4.79 Å². The fraction of sp³-hybridized carbons (Fsp3) is 0.861. The highest BCUT2D eigenvalue weighted by molar-refractivity contribution is 5.76. The third-order valence-corrected chi connectivity index (χ3v) is 7.93. The fourth-order valence-electron chi connectivity index (χ4n) is 5.17. The molecule has 40 heavy (non-hydrogen) atoms. The molecule has 3 N–H and O–H groups in total. The van der Waals surface area contributed by atoms with E-state index in [0.29, 0.717) is 6.42 Å². The lowest BCUT2D eigenvalue weighted by atomic mass is 10.0. The van der Waals surface area contributed by atoms with Crippen molar-refractivity contribution in [1.29, 1.82) is 0 Å². The predicted octanol–water partition coefficient (Wildman–Crippen LogP) is 10.1. The molecule has 0 aliphatic carbocycles. The van der Waals surface area contributed by atoms with Gasteiger partial charge in [0.2, 0.25) is 5.91 Å². The lowest BCUT2D eigenvalue weighted by Crippen LogP contribution is -2.45. The van der Waals surface area contributed by atoms with Crippen LogP contribution in [0.3, 0.4) is 0 Å². The first-order valence-corrected chi connectivity index (χ1v) is 17.6. The summed E-state index contributed by atoms with van der Waals surface area (Å²) in [5, 5.41) is 22.8. The second kappa shape index (κ2) is 32.4. The van der Waals surface area contributed by atoms with Crippen LogP contribution in [0.2, 0.25) is 0 Å². The number of hydrogen-bond acceptors (Lipinski definition) is 3. The predicted molar refractivity (Wildman–Crippen MR) is 175 cm³/mol. The minimum Gasteiger partial charge on any atom is -0.394 e. The Labute approximate surface area is 249 Å². The monoisotopic (exact) mass is 564 g/mol. The van der Waals surface area contributed by atoms with Gasteiger partial charge >= 0.3 is 0 Å². The number of hydrogen-bond donors (Lipinski definition) is 3. The zero-order valence-electron chi connectivity index (χ0n) is 26.9. The highest BCUT2D eigenvalue weighted by Crippen LogP contribution is 2.13. The van der Waals surface area contributed by atoms with Gasteiger partial charge in [0, 0.05) is 6.42 Å². The highest BCUT2D eigenvalue weighted by atomic mass is 16.3. The Bertz CT molecular complexity index is 574. The molecule has 0 radical (unpaired) electrons. The largest absolute Gasteiger partial charge is 0.394 e. The van der Waals surface area contributed by atoms with Gasteiger partial charge in [-0.15, -0.1) is 0 Å². The lowest BCUT2D eigenvalue weighted by Gasteiger charge is -2.20.